The Bertz CT molecular complexity index is 942. The molecule has 0 spiro atoms. The third-order valence-corrected chi connectivity index (χ3v) is 4.70. The first-order chi connectivity index (χ1) is 11.9. The second-order valence-electron chi connectivity index (χ2n) is 5.73. The van der Waals surface area contributed by atoms with Crippen molar-refractivity contribution in [2.45, 2.75) is 11.8 Å². The summed E-state index contributed by atoms with van der Waals surface area (Å²) in [6, 6.07) is 21.4. The van der Waals surface area contributed by atoms with Crippen LogP contribution in [0.4, 0.5) is 0 Å². The van der Waals surface area contributed by atoms with E-state index in [1.807, 2.05) is 43.3 Å². The Balaban J connectivity index is 1.67. The molecule has 4 nitrogen and oxygen atoms in total. The average molecular weight is 354 g/mol. The standard InChI is InChI=1S/C20H18O4S/c1-15-3-5-16(6-4-15)23-17-7-9-18(10-8-17)24-19-11-13-20(14-12-19)25(2,21)22/h3-14H,1-2H3. The normalized spacial score (nSPS) is 11.1. The predicted octanol–water partition coefficient (Wildman–Crippen LogP) is 4.98. The van der Waals surface area contributed by atoms with Crippen LogP contribution in [0, 0.1) is 6.92 Å². The molecule has 0 aliphatic heterocycles. The summed E-state index contributed by atoms with van der Waals surface area (Å²) in [4.78, 5) is 0.265. The summed E-state index contributed by atoms with van der Waals surface area (Å²) in [5.41, 5.74) is 1.18. The number of hydrogen-bond acceptors (Lipinski definition) is 4. The van der Waals surface area contributed by atoms with E-state index in [1.54, 1.807) is 24.3 Å². The smallest absolute Gasteiger partial charge is 0.175 e. The van der Waals surface area contributed by atoms with Gasteiger partial charge >= 0.3 is 0 Å². The molecule has 0 fully saturated rings. The molecule has 0 aliphatic carbocycles. The van der Waals surface area contributed by atoms with Gasteiger partial charge in [0.1, 0.15) is 23.0 Å². The fourth-order valence-corrected chi connectivity index (χ4v) is 2.84. The molecule has 0 saturated carbocycles. The topological polar surface area (TPSA) is 52.6 Å². The Morgan fingerprint density at radius 1 is 0.600 bits per heavy atom. The zero-order valence-electron chi connectivity index (χ0n) is 14.0. The van der Waals surface area contributed by atoms with E-state index in [0.717, 1.165) is 5.75 Å². The van der Waals surface area contributed by atoms with E-state index in [1.165, 1.54) is 24.0 Å². The van der Waals surface area contributed by atoms with Crippen molar-refractivity contribution in [3.63, 3.8) is 0 Å². The minimum Gasteiger partial charge on any atom is -0.457 e. The van der Waals surface area contributed by atoms with Crippen molar-refractivity contribution >= 4 is 9.84 Å². The first-order valence-corrected chi connectivity index (χ1v) is 9.62. The van der Waals surface area contributed by atoms with Crippen LogP contribution in [0.2, 0.25) is 0 Å². The summed E-state index contributed by atoms with van der Waals surface area (Å²) in [6.45, 7) is 2.03. The van der Waals surface area contributed by atoms with E-state index in [9.17, 15) is 8.42 Å². The molecule has 0 heterocycles. The van der Waals surface area contributed by atoms with Crippen LogP contribution in [0.25, 0.3) is 0 Å². The van der Waals surface area contributed by atoms with Gasteiger partial charge in [-0.05, 0) is 67.6 Å². The number of rotatable bonds is 5. The van der Waals surface area contributed by atoms with E-state index in [4.69, 9.17) is 9.47 Å². The molecule has 0 bridgehead atoms. The molecule has 0 atom stereocenters. The Morgan fingerprint density at radius 2 is 0.920 bits per heavy atom. The molecule has 0 saturated heterocycles. The SMILES string of the molecule is Cc1ccc(Oc2ccc(Oc3ccc(S(C)(=O)=O)cc3)cc2)cc1. The van der Waals surface area contributed by atoms with Crippen LogP contribution in [0.15, 0.2) is 77.7 Å². The fraction of sp³-hybridized carbons (Fsp3) is 0.100. The van der Waals surface area contributed by atoms with Crippen molar-refractivity contribution in [2.24, 2.45) is 0 Å². The zero-order valence-corrected chi connectivity index (χ0v) is 14.8. The maximum atomic E-state index is 11.5. The van der Waals surface area contributed by atoms with Crippen LogP contribution in [0.1, 0.15) is 5.56 Å². The second kappa shape index (κ2) is 6.99. The van der Waals surface area contributed by atoms with Gasteiger partial charge in [-0.1, -0.05) is 17.7 Å². The monoisotopic (exact) mass is 354 g/mol. The highest BCUT2D eigenvalue weighted by molar-refractivity contribution is 7.90. The quantitative estimate of drug-likeness (QED) is 0.648. The molecule has 25 heavy (non-hydrogen) atoms. The number of ether oxygens (including phenoxy) is 2. The van der Waals surface area contributed by atoms with Gasteiger partial charge in [-0.3, -0.25) is 0 Å². The van der Waals surface area contributed by atoms with Crippen molar-refractivity contribution in [3.8, 4) is 23.0 Å². The molecule has 0 unspecified atom stereocenters. The highest BCUT2D eigenvalue weighted by Crippen LogP contribution is 2.27. The summed E-state index contributed by atoms with van der Waals surface area (Å²) in [5, 5.41) is 0. The maximum Gasteiger partial charge on any atom is 0.175 e. The van der Waals surface area contributed by atoms with E-state index in [-0.39, 0.29) is 4.90 Å². The van der Waals surface area contributed by atoms with Crippen molar-refractivity contribution in [3.05, 3.63) is 78.4 Å². The van der Waals surface area contributed by atoms with E-state index >= 15 is 0 Å². The van der Waals surface area contributed by atoms with E-state index in [2.05, 4.69) is 0 Å². The lowest BCUT2D eigenvalue weighted by Gasteiger charge is -2.09. The van der Waals surface area contributed by atoms with Crippen molar-refractivity contribution in [1.29, 1.82) is 0 Å². The maximum absolute atomic E-state index is 11.5. The van der Waals surface area contributed by atoms with Gasteiger partial charge in [-0.15, -0.1) is 0 Å². The van der Waals surface area contributed by atoms with Gasteiger partial charge in [-0.25, -0.2) is 8.42 Å². The van der Waals surface area contributed by atoms with Crippen LogP contribution in [-0.4, -0.2) is 14.7 Å². The Morgan fingerprint density at radius 3 is 1.28 bits per heavy atom. The molecule has 5 heteroatoms. The number of aryl methyl sites for hydroxylation is 1. The average Bonchev–Trinajstić information content (AvgIpc) is 2.58. The molecule has 0 aliphatic rings. The van der Waals surface area contributed by atoms with Crippen LogP contribution >= 0.6 is 0 Å². The van der Waals surface area contributed by atoms with Crippen LogP contribution in [-0.2, 0) is 9.84 Å². The van der Waals surface area contributed by atoms with E-state index < -0.39 is 9.84 Å². The van der Waals surface area contributed by atoms with Crippen molar-refractivity contribution in [1.82, 2.24) is 0 Å². The Hall–Kier alpha value is -2.79. The highest BCUT2D eigenvalue weighted by atomic mass is 32.2. The minimum atomic E-state index is -3.20. The molecule has 3 aromatic carbocycles. The van der Waals surface area contributed by atoms with E-state index in [0.29, 0.717) is 17.2 Å². The van der Waals surface area contributed by atoms with Crippen molar-refractivity contribution in [2.75, 3.05) is 6.26 Å². The highest BCUT2D eigenvalue weighted by Gasteiger charge is 2.07. The lowest BCUT2D eigenvalue weighted by molar-refractivity contribution is 0.469. The number of hydrogen-bond donors (Lipinski definition) is 0. The zero-order chi connectivity index (χ0) is 17.9. The molecular formula is C20H18O4S. The summed E-state index contributed by atoms with van der Waals surface area (Å²) < 4.78 is 34.4. The van der Waals surface area contributed by atoms with Crippen LogP contribution in [0.5, 0.6) is 23.0 Å². The van der Waals surface area contributed by atoms with Gasteiger partial charge in [0, 0.05) is 6.26 Å². The van der Waals surface area contributed by atoms with Gasteiger partial charge in [0.15, 0.2) is 9.84 Å². The molecular weight excluding hydrogens is 336 g/mol. The summed E-state index contributed by atoms with van der Waals surface area (Å²) >= 11 is 0. The largest absolute Gasteiger partial charge is 0.457 e. The van der Waals surface area contributed by atoms with Gasteiger partial charge in [0.25, 0.3) is 0 Å². The number of sulfone groups is 1. The molecule has 3 rings (SSSR count). The first-order valence-electron chi connectivity index (χ1n) is 7.73. The molecule has 3 aromatic rings. The van der Waals surface area contributed by atoms with Gasteiger partial charge in [0.2, 0.25) is 0 Å². The second-order valence-corrected chi connectivity index (χ2v) is 7.75. The fourth-order valence-electron chi connectivity index (χ4n) is 2.21. The Labute approximate surface area is 147 Å². The predicted molar refractivity (Wildman–Crippen MR) is 97.3 cm³/mol. The summed E-state index contributed by atoms with van der Waals surface area (Å²) in [5.74, 6) is 2.70. The first kappa shape index (κ1) is 17.0. The summed E-state index contributed by atoms with van der Waals surface area (Å²) in [6.07, 6.45) is 1.18. The molecule has 0 amide bonds. The van der Waals surface area contributed by atoms with Gasteiger partial charge in [-0.2, -0.15) is 0 Å². The lowest BCUT2D eigenvalue weighted by atomic mass is 10.2. The molecule has 0 aromatic heterocycles. The number of benzene rings is 3. The molecule has 0 radical (unpaired) electrons. The Kier molecular flexibility index (Phi) is 4.76. The lowest BCUT2D eigenvalue weighted by Crippen LogP contribution is -1.96. The van der Waals surface area contributed by atoms with Crippen LogP contribution < -0.4 is 9.47 Å². The van der Waals surface area contributed by atoms with Crippen molar-refractivity contribution < 1.29 is 17.9 Å². The molecule has 128 valence electrons. The third-order valence-electron chi connectivity index (χ3n) is 3.57. The van der Waals surface area contributed by atoms with Crippen LogP contribution in [0.3, 0.4) is 0 Å². The van der Waals surface area contributed by atoms with Gasteiger partial charge in [0.05, 0.1) is 4.90 Å². The summed E-state index contributed by atoms with van der Waals surface area (Å²) in [7, 11) is -3.20. The molecule has 0 N–H and O–H groups in total. The third kappa shape index (κ3) is 4.61. The minimum absolute atomic E-state index is 0.265. The van der Waals surface area contributed by atoms with Gasteiger partial charge < -0.3 is 9.47 Å².